The Balaban J connectivity index is 4.60. The van der Waals surface area contributed by atoms with Gasteiger partial charge in [-0.2, -0.15) is 0 Å². The Morgan fingerprint density at radius 3 is 2.00 bits per heavy atom. The van der Waals surface area contributed by atoms with Crippen LogP contribution in [0, 0.1) is 5.92 Å². The van der Waals surface area contributed by atoms with Crippen molar-refractivity contribution in [2.75, 3.05) is 27.2 Å². The van der Waals surface area contributed by atoms with E-state index in [0.29, 0.717) is 12.5 Å². The van der Waals surface area contributed by atoms with Crippen molar-refractivity contribution >= 4 is 11.9 Å². The van der Waals surface area contributed by atoms with E-state index >= 15 is 0 Å². The number of nitrogens with zero attached hydrogens (tertiary/aromatic N) is 2. The zero-order valence-corrected chi connectivity index (χ0v) is 10.7. The number of carbonyl (C=O) groups excluding carboxylic acids is 1. The first-order valence-electron chi connectivity index (χ1n) is 5.42. The Kier molecular flexibility index (Phi) is 6.03. The van der Waals surface area contributed by atoms with Crippen LogP contribution in [0.5, 0.6) is 0 Å². The summed E-state index contributed by atoms with van der Waals surface area (Å²) in [6.45, 7) is 6.25. The molecule has 1 N–H and O–H groups in total. The molecule has 0 saturated carbocycles. The second-order valence-corrected chi connectivity index (χ2v) is 4.63. The molecular weight excluding hydrogens is 208 g/mol. The number of aliphatic carboxylic acids is 1. The van der Waals surface area contributed by atoms with Gasteiger partial charge in [0, 0.05) is 20.6 Å². The molecule has 0 spiro atoms. The Morgan fingerprint density at radius 1 is 1.19 bits per heavy atom. The van der Waals surface area contributed by atoms with Crippen molar-refractivity contribution in [2.45, 2.75) is 26.8 Å². The molecule has 0 fully saturated rings. The van der Waals surface area contributed by atoms with E-state index in [1.165, 1.54) is 4.90 Å². The standard InChI is InChI=1S/C11H22N2O3/c1-8(2)6-13(7-10(14)15)9(3)11(16)12(4)5/h8-9H,6-7H2,1-5H3,(H,14,15). The normalized spacial score (nSPS) is 12.9. The number of carboxylic acid groups (broad SMARTS) is 1. The molecule has 1 atom stereocenters. The fourth-order valence-corrected chi connectivity index (χ4v) is 1.53. The summed E-state index contributed by atoms with van der Waals surface area (Å²) in [6.07, 6.45) is 0. The summed E-state index contributed by atoms with van der Waals surface area (Å²) in [5.41, 5.74) is 0. The molecule has 0 heterocycles. The first-order chi connectivity index (χ1) is 7.25. The molecule has 0 aromatic rings. The van der Waals surface area contributed by atoms with Gasteiger partial charge in [0.05, 0.1) is 12.6 Å². The monoisotopic (exact) mass is 230 g/mol. The highest BCUT2D eigenvalue weighted by molar-refractivity contribution is 5.81. The average molecular weight is 230 g/mol. The van der Waals surface area contributed by atoms with Crippen molar-refractivity contribution in [3.8, 4) is 0 Å². The Labute approximate surface area is 97.0 Å². The molecule has 1 unspecified atom stereocenters. The molecule has 0 aromatic carbocycles. The van der Waals surface area contributed by atoms with Gasteiger partial charge < -0.3 is 10.0 Å². The molecule has 0 aliphatic rings. The van der Waals surface area contributed by atoms with Gasteiger partial charge in [-0.3, -0.25) is 14.5 Å². The van der Waals surface area contributed by atoms with Crippen molar-refractivity contribution in [1.29, 1.82) is 0 Å². The number of carbonyl (C=O) groups is 2. The molecule has 1 amide bonds. The Hall–Kier alpha value is -1.10. The van der Waals surface area contributed by atoms with E-state index in [-0.39, 0.29) is 12.5 Å². The lowest BCUT2D eigenvalue weighted by molar-refractivity contribution is -0.141. The first kappa shape index (κ1) is 14.9. The van der Waals surface area contributed by atoms with Gasteiger partial charge in [-0.05, 0) is 12.8 Å². The first-order valence-corrected chi connectivity index (χ1v) is 5.42. The summed E-state index contributed by atoms with van der Waals surface area (Å²) < 4.78 is 0. The minimum Gasteiger partial charge on any atom is -0.480 e. The van der Waals surface area contributed by atoms with Gasteiger partial charge in [0.1, 0.15) is 0 Å². The maximum atomic E-state index is 11.7. The van der Waals surface area contributed by atoms with Crippen LogP contribution in [-0.4, -0.2) is 60.0 Å². The van der Waals surface area contributed by atoms with Crippen LogP contribution in [-0.2, 0) is 9.59 Å². The van der Waals surface area contributed by atoms with E-state index in [1.54, 1.807) is 25.9 Å². The van der Waals surface area contributed by atoms with Gasteiger partial charge >= 0.3 is 5.97 Å². The second-order valence-electron chi connectivity index (χ2n) is 4.63. The fourth-order valence-electron chi connectivity index (χ4n) is 1.53. The third kappa shape index (κ3) is 5.11. The van der Waals surface area contributed by atoms with Crippen LogP contribution in [0.2, 0.25) is 0 Å². The van der Waals surface area contributed by atoms with Gasteiger partial charge in [-0.25, -0.2) is 0 Å². The summed E-state index contributed by atoms with van der Waals surface area (Å²) in [5, 5.41) is 8.80. The second kappa shape index (κ2) is 6.48. The van der Waals surface area contributed by atoms with E-state index in [1.807, 2.05) is 13.8 Å². The number of hydrogen-bond acceptors (Lipinski definition) is 3. The molecular formula is C11H22N2O3. The van der Waals surface area contributed by atoms with Crippen LogP contribution in [0.25, 0.3) is 0 Å². The van der Waals surface area contributed by atoms with Gasteiger partial charge in [0.2, 0.25) is 5.91 Å². The smallest absolute Gasteiger partial charge is 0.317 e. The van der Waals surface area contributed by atoms with Crippen LogP contribution >= 0.6 is 0 Å². The van der Waals surface area contributed by atoms with Crippen molar-refractivity contribution in [3.63, 3.8) is 0 Å². The summed E-state index contributed by atoms with van der Waals surface area (Å²) in [7, 11) is 3.35. The van der Waals surface area contributed by atoms with Gasteiger partial charge in [0.25, 0.3) is 0 Å². The fraction of sp³-hybridized carbons (Fsp3) is 0.818. The lowest BCUT2D eigenvalue weighted by Crippen LogP contribution is -2.47. The molecule has 5 nitrogen and oxygen atoms in total. The van der Waals surface area contributed by atoms with E-state index in [0.717, 1.165) is 0 Å². The quantitative estimate of drug-likeness (QED) is 0.722. The summed E-state index contributed by atoms with van der Waals surface area (Å²) in [6, 6.07) is -0.395. The number of carboxylic acids is 1. The minimum absolute atomic E-state index is 0.0677. The van der Waals surface area contributed by atoms with E-state index in [2.05, 4.69) is 0 Å². The van der Waals surface area contributed by atoms with Crippen molar-refractivity contribution in [3.05, 3.63) is 0 Å². The van der Waals surface area contributed by atoms with Crippen LogP contribution in [0.4, 0.5) is 0 Å². The molecule has 0 saturated heterocycles. The maximum absolute atomic E-state index is 11.7. The Morgan fingerprint density at radius 2 is 1.69 bits per heavy atom. The lowest BCUT2D eigenvalue weighted by Gasteiger charge is -2.29. The van der Waals surface area contributed by atoms with Crippen LogP contribution < -0.4 is 0 Å². The van der Waals surface area contributed by atoms with E-state index in [4.69, 9.17) is 5.11 Å². The summed E-state index contributed by atoms with van der Waals surface area (Å²) >= 11 is 0. The van der Waals surface area contributed by atoms with Gasteiger partial charge in [-0.15, -0.1) is 0 Å². The predicted molar refractivity (Wildman–Crippen MR) is 62.2 cm³/mol. The molecule has 0 aliphatic carbocycles. The number of rotatable bonds is 6. The highest BCUT2D eigenvalue weighted by atomic mass is 16.4. The van der Waals surface area contributed by atoms with Crippen molar-refractivity contribution < 1.29 is 14.7 Å². The van der Waals surface area contributed by atoms with E-state index < -0.39 is 12.0 Å². The van der Waals surface area contributed by atoms with Crippen molar-refractivity contribution in [2.24, 2.45) is 5.92 Å². The molecule has 0 rings (SSSR count). The van der Waals surface area contributed by atoms with Crippen LogP contribution in [0.3, 0.4) is 0 Å². The lowest BCUT2D eigenvalue weighted by atomic mass is 10.1. The topological polar surface area (TPSA) is 60.9 Å². The molecule has 0 radical (unpaired) electrons. The third-order valence-corrected chi connectivity index (χ3v) is 2.28. The summed E-state index contributed by atoms with van der Waals surface area (Å²) in [4.78, 5) is 25.6. The highest BCUT2D eigenvalue weighted by Gasteiger charge is 2.24. The van der Waals surface area contributed by atoms with E-state index in [9.17, 15) is 9.59 Å². The molecule has 5 heteroatoms. The minimum atomic E-state index is -0.904. The zero-order valence-electron chi connectivity index (χ0n) is 10.7. The highest BCUT2D eigenvalue weighted by Crippen LogP contribution is 2.06. The summed E-state index contributed by atoms with van der Waals surface area (Å²) in [5.74, 6) is -0.641. The molecule has 0 aliphatic heterocycles. The average Bonchev–Trinajstić information content (AvgIpc) is 2.12. The van der Waals surface area contributed by atoms with Crippen molar-refractivity contribution in [1.82, 2.24) is 9.80 Å². The molecule has 0 bridgehead atoms. The third-order valence-electron chi connectivity index (χ3n) is 2.28. The SMILES string of the molecule is CC(C)CN(CC(=O)O)C(C)C(=O)N(C)C. The number of amides is 1. The molecule has 0 aromatic heterocycles. The Bertz CT molecular complexity index is 252. The molecule has 94 valence electrons. The van der Waals surface area contributed by atoms with Crippen LogP contribution in [0.15, 0.2) is 0 Å². The van der Waals surface area contributed by atoms with Gasteiger partial charge in [-0.1, -0.05) is 13.8 Å². The largest absolute Gasteiger partial charge is 0.480 e. The number of hydrogen-bond donors (Lipinski definition) is 1. The predicted octanol–water partition coefficient (Wildman–Crippen LogP) is 0.506. The zero-order chi connectivity index (χ0) is 12.9. The number of likely N-dealkylation sites (N-methyl/N-ethyl adjacent to an activating group) is 1. The van der Waals surface area contributed by atoms with Gasteiger partial charge in [0.15, 0.2) is 0 Å². The van der Waals surface area contributed by atoms with Crippen LogP contribution in [0.1, 0.15) is 20.8 Å². The molecule has 16 heavy (non-hydrogen) atoms. The maximum Gasteiger partial charge on any atom is 0.317 e.